The number of aromatic nitrogens is 1. The van der Waals surface area contributed by atoms with E-state index in [-0.39, 0.29) is 22.4 Å². The fourth-order valence-corrected chi connectivity index (χ4v) is 2.02. The molecule has 4 nitrogen and oxygen atoms in total. The van der Waals surface area contributed by atoms with Crippen LogP contribution in [0, 0.1) is 0 Å². The summed E-state index contributed by atoms with van der Waals surface area (Å²) in [6, 6.07) is 1.35. The Hall–Kier alpha value is -0.780. The summed E-state index contributed by atoms with van der Waals surface area (Å²) >= 11 is 7.10. The van der Waals surface area contributed by atoms with Gasteiger partial charge in [-0.3, -0.25) is 0 Å². The minimum atomic E-state index is -1.08. The summed E-state index contributed by atoms with van der Waals surface area (Å²) in [6.07, 6.45) is 1.39. The summed E-state index contributed by atoms with van der Waals surface area (Å²) in [4.78, 5) is 14.7. The monoisotopic (exact) mass is 247 g/mol. The Balaban J connectivity index is 2.99. The number of rotatable bonds is 4. The number of carbonyl (C=O) groups is 1. The molecule has 1 rings (SSSR count). The van der Waals surface area contributed by atoms with Gasteiger partial charge in [0.2, 0.25) is 0 Å². The molecule has 0 aromatic carbocycles. The first-order valence-corrected chi connectivity index (χ1v) is 5.47. The molecule has 1 atom stereocenters. The quantitative estimate of drug-likeness (QED) is 0.796. The van der Waals surface area contributed by atoms with E-state index in [1.165, 1.54) is 24.0 Å². The minimum Gasteiger partial charge on any atom is -0.478 e. The van der Waals surface area contributed by atoms with Crippen molar-refractivity contribution in [3.63, 3.8) is 0 Å². The Morgan fingerprint density at radius 3 is 2.93 bits per heavy atom. The summed E-state index contributed by atoms with van der Waals surface area (Å²) in [5.74, 6) is -1.08. The van der Waals surface area contributed by atoms with Crippen molar-refractivity contribution in [1.82, 2.24) is 4.98 Å². The topological polar surface area (TPSA) is 70.4 Å². The van der Waals surface area contributed by atoms with E-state index in [0.29, 0.717) is 5.03 Å². The van der Waals surface area contributed by atoms with Gasteiger partial charge >= 0.3 is 5.97 Å². The number of aliphatic hydroxyl groups excluding tert-OH is 1. The third-order valence-electron chi connectivity index (χ3n) is 1.66. The molecule has 0 bridgehead atoms. The molecule has 1 aromatic heterocycles. The molecule has 0 aliphatic rings. The Morgan fingerprint density at radius 2 is 2.40 bits per heavy atom. The number of carboxylic acid groups (broad SMARTS) is 1. The number of aromatic carboxylic acids is 1. The third-order valence-corrected chi connectivity index (χ3v) is 3.24. The van der Waals surface area contributed by atoms with Crippen LogP contribution in [0.4, 0.5) is 0 Å². The number of nitrogens with zero attached hydrogens (tertiary/aromatic N) is 1. The average molecular weight is 248 g/mol. The Morgan fingerprint density at radius 1 is 1.73 bits per heavy atom. The van der Waals surface area contributed by atoms with Crippen LogP contribution in [0.5, 0.6) is 0 Å². The maximum Gasteiger partial charge on any atom is 0.337 e. The number of halogens is 1. The fourth-order valence-electron chi connectivity index (χ4n) is 0.900. The minimum absolute atomic E-state index is 0.0139. The molecular formula is C9H10ClNO3S. The molecule has 1 heterocycles. The lowest BCUT2D eigenvalue weighted by Gasteiger charge is -2.09. The van der Waals surface area contributed by atoms with E-state index in [1.54, 1.807) is 6.92 Å². The molecule has 2 N–H and O–H groups in total. The first-order chi connectivity index (χ1) is 7.06. The lowest BCUT2D eigenvalue weighted by atomic mass is 10.3. The summed E-state index contributed by atoms with van der Waals surface area (Å²) in [6.45, 7) is 1.79. The Labute approximate surface area is 96.3 Å². The van der Waals surface area contributed by atoms with E-state index in [2.05, 4.69) is 4.98 Å². The molecule has 0 saturated heterocycles. The number of hydrogen-bond acceptors (Lipinski definition) is 4. The van der Waals surface area contributed by atoms with Gasteiger partial charge in [0.1, 0.15) is 5.03 Å². The number of thioether (sulfide) groups is 1. The summed E-state index contributed by atoms with van der Waals surface area (Å²) < 4.78 is 0. The highest BCUT2D eigenvalue weighted by Gasteiger charge is 2.15. The fraction of sp³-hybridized carbons (Fsp3) is 0.333. The van der Waals surface area contributed by atoms with Crippen LogP contribution in [0.3, 0.4) is 0 Å². The van der Waals surface area contributed by atoms with Gasteiger partial charge in [-0.25, -0.2) is 9.78 Å². The molecule has 6 heteroatoms. The molecule has 82 valence electrons. The molecule has 0 amide bonds. The first kappa shape index (κ1) is 12.3. The van der Waals surface area contributed by atoms with Gasteiger partial charge in [-0.15, -0.1) is 0 Å². The second-order valence-corrected chi connectivity index (χ2v) is 4.70. The highest BCUT2D eigenvalue weighted by atomic mass is 35.5. The summed E-state index contributed by atoms with van der Waals surface area (Å²) in [5.41, 5.74) is 0.0271. The molecule has 15 heavy (non-hydrogen) atoms. The summed E-state index contributed by atoms with van der Waals surface area (Å²) in [7, 11) is 0. The van der Waals surface area contributed by atoms with Crippen molar-refractivity contribution >= 4 is 29.3 Å². The van der Waals surface area contributed by atoms with Crippen molar-refractivity contribution in [3.05, 3.63) is 22.8 Å². The van der Waals surface area contributed by atoms with Gasteiger partial charge in [0.25, 0.3) is 0 Å². The van der Waals surface area contributed by atoms with Gasteiger partial charge in [0.15, 0.2) is 0 Å². The van der Waals surface area contributed by atoms with Crippen molar-refractivity contribution < 1.29 is 15.0 Å². The lowest BCUT2D eigenvalue weighted by molar-refractivity contribution is 0.0696. The molecule has 0 saturated carbocycles. The second kappa shape index (κ2) is 5.34. The largest absolute Gasteiger partial charge is 0.478 e. The molecule has 0 aliphatic carbocycles. The van der Waals surface area contributed by atoms with E-state index >= 15 is 0 Å². The van der Waals surface area contributed by atoms with Crippen LogP contribution in [-0.4, -0.2) is 33.0 Å². The lowest BCUT2D eigenvalue weighted by Crippen LogP contribution is -2.04. The maximum atomic E-state index is 10.8. The molecule has 1 aromatic rings. The SMILES string of the molecule is CC(CO)Sc1nccc(C(=O)O)c1Cl. The van der Waals surface area contributed by atoms with E-state index in [9.17, 15) is 4.79 Å². The Kier molecular flexibility index (Phi) is 4.38. The van der Waals surface area contributed by atoms with Crippen molar-refractivity contribution in [2.24, 2.45) is 0 Å². The van der Waals surface area contributed by atoms with Crippen LogP contribution in [0.25, 0.3) is 0 Å². The van der Waals surface area contributed by atoms with E-state index < -0.39 is 5.97 Å². The second-order valence-electron chi connectivity index (χ2n) is 2.89. The zero-order valence-electron chi connectivity index (χ0n) is 7.98. The third kappa shape index (κ3) is 3.09. The van der Waals surface area contributed by atoms with E-state index in [1.807, 2.05) is 0 Å². The normalized spacial score (nSPS) is 12.5. The first-order valence-electron chi connectivity index (χ1n) is 4.21. The highest BCUT2D eigenvalue weighted by molar-refractivity contribution is 8.00. The molecular weight excluding hydrogens is 238 g/mol. The van der Waals surface area contributed by atoms with E-state index in [4.69, 9.17) is 21.8 Å². The van der Waals surface area contributed by atoms with Gasteiger partial charge < -0.3 is 10.2 Å². The van der Waals surface area contributed by atoms with Crippen molar-refractivity contribution in [2.75, 3.05) is 6.61 Å². The van der Waals surface area contributed by atoms with Crippen LogP contribution in [0.1, 0.15) is 17.3 Å². The van der Waals surface area contributed by atoms with Crippen LogP contribution < -0.4 is 0 Å². The number of pyridine rings is 1. The number of aliphatic hydroxyl groups is 1. The molecule has 0 aliphatic heterocycles. The zero-order chi connectivity index (χ0) is 11.4. The van der Waals surface area contributed by atoms with Crippen molar-refractivity contribution in [3.8, 4) is 0 Å². The summed E-state index contributed by atoms with van der Waals surface area (Å²) in [5, 5.41) is 18.1. The van der Waals surface area contributed by atoms with Crippen molar-refractivity contribution in [1.29, 1.82) is 0 Å². The van der Waals surface area contributed by atoms with Crippen LogP contribution >= 0.6 is 23.4 Å². The molecule has 0 fully saturated rings. The van der Waals surface area contributed by atoms with Crippen molar-refractivity contribution in [2.45, 2.75) is 17.2 Å². The van der Waals surface area contributed by atoms with Gasteiger partial charge in [-0.2, -0.15) is 0 Å². The molecule has 0 radical (unpaired) electrons. The predicted octanol–water partition coefficient (Wildman–Crippen LogP) is 1.91. The number of carboxylic acids is 1. The van der Waals surface area contributed by atoms with Crippen LogP contribution in [0.2, 0.25) is 5.02 Å². The number of hydrogen-bond donors (Lipinski definition) is 2. The highest BCUT2D eigenvalue weighted by Crippen LogP contribution is 2.30. The maximum absolute atomic E-state index is 10.8. The molecule has 0 spiro atoms. The predicted molar refractivity (Wildman–Crippen MR) is 58.6 cm³/mol. The van der Waals surface area contributed by atoms with Gasteiger partial charge in [-0.05, 0) is 6.07 Å². The van der Waals surface area contributed by atoms with Gasteiger partial charge in [0.05, 0.1) is 17.2 Å². The standard InChI is InChI=1S/C9H10ClNO3S/c1-5(4-12)15-8-7(10)6(9(13)14)2-3-11-8/h2-3,5,12H,4H2,1H3,(H,13,14). The Bertz CT molecular complexity index is 372. The zero-order valence-corrected chi connectivity index (χ0v) is 9.55. The van der Waals surface area contributed by atoms with Gasteiger partial charge in [0, 0.05) is 11.4 Å². The van der Waals surface area contributed by atoms with E-state index in [0.717, 1.165) is 0 Å². The molecule has 1 unspecified atom stereocenters. The smallest absolute Gasteiger partial charge is 0.337 e. The van der Waals surface area contributed by atoms with Crippen LogP contribution in [-0.2, 0) is 0 Å². The average Bonchev–Trinajstić information content (AvgIpc) is 2.20. The van der Waals surface area contributed by atoms with Crippen LogP contribution in [0.15, 0.2) is 17.3 Å². The van der Waals surface area contributed by atoms with Gasteiger partial charge in [-0.1, -0.05) is 30.3 Å².